The standard InChI is InChI=1S/C48H49ClN6O9/c1-30-35(29-63-43-21-42(62-28-33-18-32(22-50)23-51-24-33)36(19-41(43)49)26-54(15-17-57)47(61)64-48(3,4)5)8-6-10-39(30)40-11-7-9-38(31(40)2)34-12-13-55-44(20-34)52-25-37(45(55)58)27-53(14-16-56)46(59)60/h6-13,18-21,23-25,56-57H,14-17,26-29H2,1-5H3,(H,59,60). The molecule has 0 saturated heterocycles. The molecule has 15 nitrogen and oxygen atoms in total. The molecule has 0 atom stereocenters. The molecule has 0 aliphatic rings. The van der Waals surface area contributed by atoms with Crippen LogP contribution in [0.25, 0.3) is 27.9 Å². The predicted molar refractivity (Wildman–Crippen MR) is 240 cm³/mol. The Balaban J connectivity index is 1.27. The summed E-state index contributed by atoms with van der Waals surface area (Å²) in [5, 5.41) is 38.2. The number of carbonyl (C=O) groups excluding carboxylic acids is 1. The number of fused-ring (bicyclic) bond motifs is 1. The summed E-state index contributed by atoms with van der Waals surface area (Å²) in [6.45, 7) is 8.54. The van der Waals surface area contributed by atoms with Crippen LogP contribution in [0.2, 0.25) is 5.02 Å². The Morgan fingerprint density at radius 2 is 1.48 bits per heavy atom. The van der Waals surface area contributed by atoms with Gasteiger partial charge in [-0.15, -0.1) is 0 Å². The van der Waals surface area contributed by atoms with Gasteiger partial charge in [0, 0.05) is 55.1 Å². The normalized spacial score (nSPS) is 11.2. The van der Waals surface area contributed by atoms with E-state index in [9.17, 15) is 35.0 Å². The number of amides is 2. The second-order valence-electron chi connectivity index (χ2n) is 16.0. The van der Waals surface area contributed by atoms with Crippen LogP contribution in [-0.4, -0.2) is 83.6 Å². The maximum absolute atomic E-state index is 13.3. The quantitative estimate of drug-likeness (QED) is 0.0849. The van der Waals surface area contributed by atoms with E-state index in [1.165, 1.54) is 21.7 Å². The summed E-state index contributed by atoms with van der Waals surface area (Å²) in [5.41, 5.74) is 7.58. The maximum atomic E-state index is 13.3. The summed E-state index contributed by atoms with van der Waals surface area (Å²) in [6.07, 6.45) is 4.19. The number of rotatable bonds is 16. The highest BCUT2D eigenvalue weighted by Crippen LogP contribution is 2.37. The first-order chi connectivity index (χ1) is 30.6. The number of nitrogens with zero attached hydrogens (tertiary/aromatic N) is 6. The molecule has 3 aromatic heterocycles. The Labute approximate surface area is 375 Å². The van der Waals surface area contributed by atoms with Crippen LogP contribution in [0, 0.1) is 25.2 Å². The molecular weight excluding hydrogens is 840 g/mol. The number of aliphatic hydroxyl groups excluding tert-OH is 2. The molecule has 3 heterocycles. The summed E-state index contributed by atoms with van der Waals surface area (Å²) in [6, 6.07) is 22.7. The van der Waals surface area contributed by atoms with Gasteiger partial charge < -0.3 is 39.3 Å². The second-order valence-corrected chi connectivity index (χ2v) is 16.4. The van der Waals surface area contributed by atoms with Crippen molar-refractivity contribution < 1.29 is 39.1 Å². The van der Waals surface area contributed by atoms with Gasteiger partial charge in [-0.2, -0.15) is 5.26 Å². The first-order valence-electron chi connectivity index (χ1n) is 20.4. The van der Waals surface area contributed by atoms with Crippen molar-refractivity contribution in [3.63, 3.8) is 0 Å². The Kier molecular flexibility index (Phi) is 14.9. The lowest BCUT2D eigenvalue weighted by molar-refractivity contribution is 0.0200. The SMILES string of the molecule is Cc1c(COc2cc(OCc3cncc(C#N)c3)c(CN(CCO)C(=O)OC(C)(C)C)cc2Cl)cccc1-c1cccc(-c2ccn3c(=O)c(CN(CCO)C(=O)O)cnc3c2)c1C. The van der Waals surface area contributed by atoms with Crippen LogP contribution < -0.4 is 15.0 Å². The number of halogens is 1. The van der Waals surface area contributed by atoms with Gasteiger partial charge in [-0.25, -0.2) is 14.6 Å². The third-order valence-electron chi connectivity index (χ3n) is 10.4. The molecule has 16 heteroatoms. The summed E-state index contributed by atoms with van der Waals surface area (Å²) < 4.78 is 19.6. The van der Waals surface area contributed by atoms with E-state index in [2.05, 4.69) is 16.0 Å². The van der Waals surface area contributed by atoms with Gasteiger partial charge in [0.25, 0.3) is 5.56 Å². The van der Waals surface area contributed by atoms with Gasteiger partial charge in [0.1, 0.15) is 42.0 Å². The van der Waals surface area contributed by atoms with Gasteiger partial charge in [-0.1, -0.05) is 48.0 Å². The number of aromatic nitrogens is 3. The zero-order valence-electron chi connectivity index (χ0n) is 36.2. The van der Waals surface area contributed by atoms with Crippen molar-refractivity contribution in [3.05, 3.63) is 146 Å². The largest absolute Gasteiger partial charge is 0.488 e. The molecule has 0 radical (unpaired) electrons. The smallest absolute Gasteiger partial charge is 0.410 e. The molecule has 0 unspecified atom stereocenters. The average molecular weight is 889 g/mol. The molecule has 2 amide bonds. The fraction of sp³-hybridized carbons (Fsp3) is 0.292. The van der Waals surface area contributed by atoms with E-state index in [-0.39, 0.29) is 63.2 Å². The van der Waals surface area contributed by atoms with Crippen LogP contribution in [0.1, 0.15) is 59.7 Å². The fourth-order valence-electron chi connectivity index (χ4n) is 7.11. The lowest BCUT2D eigenvalue weighted by atomic mass is 9.90. The Morgan fingerprint density at radius 1 is 0.812 bits per heavy atom. The van der Waals surface area contributed by atoms with Crippen molar-refractivity contribution in [3.8, 4) is 39.8 Å². The van der Waals surface area contributed by atoms with Crippen molar-refractivity contribution in [1.29, 1.82) is 5.26 Å². The van der Waals surface area contributed by atoms with Crippen LogP contribution in [0.4, 0.5) is 9.59 Å². The van der Waals surface area contributed by atoms with Gasteiger partial charge in [-0.3, -0.25) is 14.2 Å². The summed E-state index contributed by atoms with van der Waals surface area (Å²) in [4.78, 5) is 49.0. The van der Waals surface area contributed by atoms with Crippen LogP contribution >= 0.6 is 11.6 Å². The van der Waals surface area contributed by atoms with Crippen molar-refractivity contribution in [2.75, 3.05) is 26.3 Å². The van der Waals surface area contributed by atoms with Gasteiger partial charge in [0.15, 0.2) is 0 Å². The molecule has 0 aliphatic carbocycles. The van der Waals surface area contributed by atoms with Crippen molar-refractivity contribution in [2.45, 2.75) is 66.5 Å². The Bertz CT molecular complexity index is 2780. The van der Waals surface area contributed by atoms with Crippen LogP contribution in [0.15, 0.2) is 96.3 Å². The monoisotopic (exact) mass is 888 g/mol. The zero-order valence-corrected chi connectivity index (χ0v) is 36.9. The maximum Gasteiger partial charge on any atom is 0.410 e. The van der Waals surface area contributed by atoms with E-state index in [1.807, 2.05) is 62.4 Å². The van der Waals surface area contributed by atoms with Gasteiger partial charge in [0.2, 0.25) is 0 Å². The third kappa shape index (κ3) is 11.1. The van der Waals surface area contributed by atoms with Crippen molar-refractivity contribution in [2.24, 2.45) is 0 Å². The molecule has 0 aliphatic heterocycles. The molecule has 6 rings (SSSR count). The van der Waals surface area contributed by atoms with E-state index < -0.39 is 23.3 Å². The molecule has 3 N–H and O–H groups in total. The van der Waals surface area contributed by atoms with Gasteiger partial charge >= 0.3 is 12.2 Å². The van der Waals surface area contributed by atoms with Crippen LogP contribution in [0.3, 0.4) is 0 Å². The molecule has 6 aromatic rings. The Hall–Kier alpha value is -6.99. The lowest BCUT2D eigenvalue weighted by Crippen LogP contribution is -2.38. The van der Waals surface area contributed by atoms with E-state index in [1.54, 1.807) is 51.4 Å². The van der Waals surface area contributed by atoms with Crippen molar-refractivity contribution >= 4 is 29.4 Å². The highest BCUT2D eigenvalue weighted by molar-refractivity contribution is 6.32. The minimum atomic E-state index is -1.25. The summed E-state index contributed by atoms with van der Waals surface area (Å²) in [7, 11) is 0. The predicted octanol–water partition coefficient (Wildman–Crippen LogP) is 7.93. The molecule has 64 heavy (non-hydrogen) atoms. The van der Waals surface area contributed by atoms with Crippen LogP contribution in [-0.2, 0) is 31.0 Å². The number of hydrogen-bond acceptors (Lipinski definition) is 11. The molecule has 332 valence electrons. The molecule has 0 bridgehead atoms. The molecular formula is C48H49ClN6O9. The average Bonchev–Trinajstić information content (AvgIpc) is 3.26. The van der Waals surface area contributed by atoms with E-state index in [0.717, 1.165) is 43.8 Å². The number of benzene rings is 3. The number of carbonyl (C=O) groups is 2. The molecule has 0 fully saturated rings. The number of ether oxygens (including phenoxy) is 3. The van der Waals surface area contributed by atoms with Gasteiger partial charge in [-0.05, 0) is 97.8 Å². The van der Waals surface area contributed by atoms with E-state index in [0.29, 0.717) is 33.8 Å². The molecule has 3 aromatic carbocycles. The highest BCUT2D eigenvalue weighted by Gasteiger charge is 2.25. The van der Waals surface area contributed by atoms with Crippen molar-refractivity contribution in [1.82, 2.24) is 24.2 Å². The Morgan fingerprint density at radius 3 is 2.19 bits per heavy atom. The lowest BCUT2D eigenvalue weighted by Gasteiger charge is -2.28. The number of aliphatic hydroxyl groups is 2. The second kappa shape index (κ2) is 20.5. The summed E-state index contributed by atoms with van der Waals surface area (Å²) >= 11 is 6.86. The topological polar surface area (TPSA) is 200 Å². The van der Waals surface area contributed by atoms with E-state index in [4.69, 9.17) is 25.8 Å². The number of hydrogen-bond donors (Lipinski definition) is 3. The minimum absolute atomic E-state index is 0.00183. The van der Waals surface area contributed by atoms with E-state index >= 15 is 0 Å². The fourth-order valence-corrected chi connectivity index (χ4v) is 7.35. The number of carboxylic acid groups (broad SMARTS) is 1. The van der Waals surface area contributed by atoms with Gasteiger partial charge in [0.05, 0.1) is 42.5 Å². The third-order valence-corrected chi connectivity index (χ3v) is 10.7. The number of pyridine rings is 2. The van der Waals surface area contributed by atoms with Crippen LogP contribution in [0.5, 0.6) is 11.5 Å². The highest BCUT2D eigenvalue weighted by atomic mass is 35.5. The molecule has 0 spiro atoms. The first kappa shape index (κ1) is 46.5. The number of nitriles is 1. The minimum Gasteiger partial charge on any atom is -0.488 e. The molecule has 0 saturated carbocycles. The zero-order chi connectivity index (χ0) is 46.1. The summed E-state index contributed by atoms with van der Waals surface area (Å²) in [5.74, 6) is 0.696. The first-order valence-corrected chi connectivity index (χ1v) is 20.8.